The normalized spacial score (nSPS) is 11.3. The lowest BCUT2D eigenvalue weighted by Gasteiger charge is -2.12. The van der Waals surface area contributed by atoms with Crippen LogP contribution in [-0.2, 0) is 19.1 Å². The van der Waals surface area contributed by atoms with E-state index in [9.17, 15) is 9.59 Å². The summed E-state index contributed by atoms with van der Waals surface area (Å²) < 4.78 is 9.81. The summed E-state index contributed by atoms with van der Waals surface area (Å²) in [6, 6.07) is 0. The van der Waals surface area contributed by atoms with Gasteiger partial charge >= 0.3 is 11.9 Å². The fourth-order valence-corrected chi connectivity index (χ4v) is 2.24. The molecule has 0 aliphatic heterocycles. The summed E-state index contributed by atoms with van der Waals surface area (Å²) in [5.74, 6) is -0.819. The van der Waals surface area contributed by atoms with Gasteiger partial charge in [0.25, 0.3) is 0 Å². The second-order valence-corrected chi connectivity index (χ2v) is 6.16. The van der Waals surface area contributed by atoms with Crippen LogP contribution in [0.3, 0.4) is 0 Å². The van der Waals surface area contributed by atoms with Gasteiger partial charge in [0.05, 0.1) is 13.2 Å². The minimum atomic E-state index is -0.844. The highest BCUT2D eigenvalue weighted by Crippen LogP contribution is 2.13. The molecular formula is C15H26O4S. The van der Waals surface area contributed by atoms with Crippen molar-refractivity contribution in [1.29, 1.82) is 0 Å². The van der Waals surface area contributed by atoms with E-state index >= 15 is 0 Å². The van der Waals surface area contributed by atoms with Gasteiger partial charge in [-0.25, -0.2) is 0 Å². The molecule has 0 saturated heterocycles. The van der Waals surface area contributed by atoms with Crippen molar-refractivity contribution in [3.8, 4) is 0 Å². The van der Waals surface area contributed by atoms with Gasteiger partial charge < -0.3 is 9.47 Å². The van der Waals surface area contributed by atoms with Crippen LogP contribution in [0.25, 0.3) is 0 Å². The molecule has 0 aromatic heterocycles. The Bertz CT molecular complexity index is 295. The van der Waals surface area contributed by atoms with E-state index in [2.05, 4.69) is 13.8 Å². The molecule has 5 heteroatoms. The SMILES string of the molecule is CCOC(=O)C(C/C=C/CCSC(C)C)C(=O)OCC. The molecule has 0 heterocycles. The molecule has 0 bridgehead atoms. The highest BCUT2D eigenvalue weighted by Gasteiger charge is 2.27. The Morgan fingerprint density at radius 3 is 2.05 bits per heavy atom. The van der Waals surface area contributed by atoms with E-state index in [4.69, 9.17) is 9.47 Å². The molecule has 116 valence electrons. The van der Waals surface area contributed by atoms with Crippen molar-refractivity contribution >= 4 is 23.7 Å². The first-order valence-electron chi connectivity index (χ1n) is 7.12. The van der Waals surface area contributed by atoms with E-state index in [1.54, 1.807) is 13.8 Å². The Morgan fingerprint density at radius 2 is 1.60 bits per heavy atom. The van der Waals surface area contributed by atoms with Gasteiger partial charge in [-0.1, -0.05) is 26.0 Å². The minimum absolute atomic E-state index is 0.267. The maximum atomic E-state index is 11.7. The van der Waals surface area contributed by atoms with Gasteiger partial charge in [0, 0.05) is 0 Å². The number of allylic oxidation sites excluding steroid dienone is 2. The van der Waals surface area contributed by atoms with Crippen LogP contribution in [0.2, 0.25) is 0 Å². The van der Waals surface area contributed by atoms with Crippen LogP contribution < -0.4 is 0 Å². The van der Waals surface area contributed by atoms with Gasteiger partial charge in [0.1, 0.15) is 0 Å². The first kappa shape index (κ1) is 19.0. The van der Waals surface area contributed by atoms with Gasteiger partial charge in [-0.3, -0.25) is 9.59 Å². The van der Waals surface area contributed by atoms with Crippen molar-refractivity contribution in [3.63, 3.8) is 0 Å². The lowest BCUT2D eigenvalue weighted by molar-refractivity contribution is -0.161. The molecule has 0 aliphatic rings. The van der Waals surface area contributed by atoms with Crippen LogP contribution in [-0.4, -0.2) is 36.2 Å². The summed E-state index contributed by atoms with van der Waals surface area (Å²) in [5.41, 5.74) is 0. The van der Waals surface area contributed by atoms with Crippen molar-refractivity contribution in [2.75, 3.05) is 19.0 Å². The Morgan fingerprint density at radius 1 is 1.05 bits per heavy atom. The van der Waals surface area contributed by atoms with Gasteiger partial charge in [0.15, 0.2) is 5.92 Å². The van der Waals surface area contributed by atoms with Crippen molar-refractivity contribution in [2.24, 2.45) is 5.92 Å². The molecule has 0 N–H and O–H groups in total. The highest BCUT2D eigenvalue weighted by molar-refractivity contribution is 7.99. The Hall–Kier alpha value is -0.970. The van der Waals surface area contributed by atoms with Crippen LogP contribution in [0, 0.1) is 5.92 Å². The molecule has 0 atom stereocenters. The quantitative estimate of drug-likeness (QED) is 0.268. The van der Waals surface area contributed by atoms with Crippen molar-refractivity contribution in [2.45, 2.75) is 45.8 Å². The van der Waals surface area contributed by atoms with E-state index in [1.807, 2.05) is 23.9 Å². The molecule has 0 saturated carbocycles. The molecule has 0 amide bonds. The third-order valence-electron chi connectivity index (χ3n) is 2.42. The third kappa shape index (κ3) is 9.02. The molecule has 0 aromatic carbocycles. The molecule has 0 radical (unpaired) electrons. The van der Waals surface area contributed by atoms with Crippen LogP contribution >= 0.6 is 11.8 Å². The topological polar surface area (TPSA) is 52.6 Å². The summed E-state index contributed by atoms with van der Waals surface area (Å²) in [4.78, 5) is 23.4. The van der Waals surface area contributed by atoms with E-state index in [-0.39, 0.29) is 13.2 Å². The second kappa shape index (κ2) is 11.8. The van der Waals surface area contributed by atoms with Gasteiger partial charge in [-0.2, -0.15) is 11.8 Å². The maximum Gasteiger partial charge on any atom is 0.320 e. The third-order valence-corrected chi connectivity index (χ3v) is 3.55. The molecule has 0 unspecified atom stereocenters. The van der Waals surface area contributed by atoms with Gasteiger partial charge in [-0.15, -0.1) is 0 Å². The Balaban J connectivity index is 4.25. The molecule has 0 aliphatic carbocycles. The number of carbonyl (C=O) groups is 2. The van der Waals surface area contributed by atoms with E-state index in [0.717, 1.165) is 12.2 Å². The van der Waals surface area contributed by atoms with Crippen LogP contribution in [0.4, 0.5) is 0 Å². The van der Waals surface area contributed by atoms with Crippen LogP contribution in [0.5, 0.6) is 0 Å². The predicted octanol–water partition coefficient (Wildman–Crippen LogP) is 3.21. The highest BCUT2D eigenvalue weighted by atomic mass is 32.2. The molecular weight excluding hydrogens is 276 g/mol. The first-order chi connectivity index (χ1) is 9.52. The Labute approximate surface area is 126 Å². The fraction of sp³-hybridized carbons (Fsp3) is 0.733. The molecule has 4 nitrogen and oxygen atoms in total. The average molecular weight is 302 g/mol. The molecule has 0 rings (SSSR count). The van der Waals surface area contributed by atoms with Gasteiger partial charge in [-0.05, 0) is 37.7 Å². The molecule has 0 fully saturated rings. The monoisotopic (exact) mass is 302 g/mol. The number of thioether (sulfide) groups is 1. The second-order valence-electron chi connectivity index (χ2n) is 4.47. The average Bonchev–Trinajstić information content (AvgIpc) is 2.37. The molecule has 0 aromatic rings. The van der Waals surface area contributed by atoms with Gasteiger partial charge in [0.2, 0.25) is 0 Å². The lowest BCUT2D eigenvalue weighted by atomic mass is 10.1. The largest absolute Gasteiger partial charge is 0.465 e. The number of hydrogen-bond donors (Lipinski definition) is 0. The maximum absolute atomic E-state index is 11.7. The van der Waals surface area contributed by atoms with Crippen molar-refractivity contribution in [1.82, 2.24) is 0 Å². The summed E-state index contributed by atoms with van der Waals surface area (Å²) in [7, 11) is 0. The standard InChI is InChI=1S/C15H26O4S/c1-5-18-14(16)13(15(17)19-6-2)10-8-7-9-11-20-12(3)4/h7-8,12-13H,5-6,9-11H2,1-4H3/b8-7+. The smallest absolute Gasteiger partial charge is 0.320 e. The van der Waals surface area contributed by atoms with E-state index in [0.29, 0.717) is 11.7 Å². The lowest BCUT2D eigenvalue weighted by Crippen LogP contribution is -2.27. The minimum Gasteiger partial charge on any atom is -0.465 e. The number of hydrogen-bond acceptors (Lipinski definition) is 5. The van der Waals surface area contributed by atoms with Crippen LogP contribution in [0.15, 0.2) is 12.2 Å². The summed E-state index contributed by atoms with van der Waals surface area (Å²) >= 11 is 1.88. The summed E-state index contributed by atoms with van der Waals surface area (Å²) in [5, 5.41) is 0.621. The number of carbonyl (C=O) groups excluding carboxylic acids is 2. The zero-order valence-electron chi connectivity index (χ0n) is 12.9. The summed E-state index contributed by atoms with van der Waals surface area (Å²) in [6.07, 6.45) is 5.13. The zero-order valence-corrected chi connectivity index (χ0v) is 13.7. The van der Waals surface area contributed by atoms with Crippen LogP contribution in [0.1, 0.15) is 40.5 Å². The number of ether oxygens (including phenoxy) is 2. The zero-order chi connectivity index (χ0) is 15.4. The van der Waals surface area contributed by atoms with E-state index in [1.165, 1.54) is 0 Å². The summed E-state index contributed by atoms with van der Waals surface area (Å²) in [6.45, 7) is 8.29. The Kier molecular flexibility index (Phi) is 11.3. The molecule has 0 spiro atoms. The predicted molar refractivity (Wildman–Crippen MR) is 82.7 cm³/mol. The fourth-order valence-electron chi connectivity index (χ4n) is 1.50. The molecule has 20 heavy (non-hydrogen) atoms. The van der Waals surface area contributed by atoms with E-state index < -0.39 is 17.9 Å². The number of esters is 2. The number of rotatable bonds is 10. The van der Waals surface area contributed by atoms with Crippen molar-refractivity contribution < 1.29 is 19.1 Å². The first-order valence-corrected chi connectivity index (χ1v) is 8.17. The van der Waals surface area contributed by atoms with Crippen molar-refractivity contribution in [3.05, 3.63) is 12.2 Å².